The summed E-state index contributed by atoms with van der Waals surface area (Å²) in [7, 11) is 2.02. The number of hydrogen-bond donors (Lipinski definition) is 1. The molecule has 0 atom stereocenters. The van der Waals surface area contributed by atoms with Gasteiger partial charge in [0.2, 0.25) is 0 Å². The average Bonchev–Trinajstić information content (AvgIpc) is 2.53. The SMILES string of the molecule is CN1CCCN(c2ccc(N)c(C(F)(F)F)c2)CC1. The number of alkyl halides is 3. The van der Waals surface area contributed by atoms with Crippen LogP contribution in [0.25, 0.3) is 0 Å². The fraction of sp³-hybridized carbons (Fsp3) is 0.538. The van der Waals surface area contributed by atoms with Crippen molar-refractivity contribution in [3.05, 3.63) is 23.8 Å². The Kier molecular flexibility index (Phi) is 3.89. The van der Waals surface area contributed by atoms with Gasteiger partial charge >= 0.3 is 6.18 Å². The first-order chi connectivity index (χ1) is 8.88. The molecule has 0 aliphatic carbocycles. The maximum atomic E-state index is 12.8. The molecule has 0 spiro atoms. The van der Waals surface area contributed by atoms with E-state index in [1.807, 2.05) is 11.9 Å². The van der Waals surface area contributed by atoms with Crippen LogP contribution in [0.4, 0.5) is 24.5 Å². The molecule has 19 heavy (non-hydrogen) atoms. The molecule has 0 saturated carbocycles. The number of anilines is 2. The van der Waals surface area contributed by atoms with Crippen molar-refractivity contribution in [2.45, 2.75) is 12.6 Å². The van der Waals surface area contributed by atoms with E-state index < -0.39 is 11.7 Å². The second-order valence-corrected chi connectivity index (χ2v) is 4.91. The zero-order valence-corrected chi connectivity index (χ0v) is 10.9. The Morgan fingerprint density at radius 1 is 1.11 bits per heavy atom. The molecular weight excluding hydrogens is 255 g/mol. The van der Waals surface area contributed by atoms with Gasteiger partial charge in [0.05, 0.1) is 5.56 Å². The van der Waals surface area contributed by atoms with Crippen LogP contribution in [-0.4, -0.2) is 38.1 Å². The van der Waals surface area contributed by atoms with Gasteiger partial charge in [0.15, 0.2) is 0 Å². The monoisotopic (exact) mass is 273 g/mol. The average molecular weight is 273 g/mol. The summed E-state index contributed by atoms with van der Waals surface area (Å²) in [6.07, 6.45) is -3.45. The number of nitrogen functional groups attached to an aromatic ring is 1. The first-order valence-corrected chi connectivity index (χ1v) is 6.28. The highest BCUT2D eigenvalue weighted by Gasteiger charge is 2.33. The van der Waals surface area contributed by atoms with Crippen molar-refractivity contribution < 1.29 is 13.2 Å². The highest BCUT2D eigenvalue weighted by atomic mass is 19.4. The summed E-state index contributed by atoms with van der Waals surface area (Å²) in [6.45, 7) is 3.33. The van der Waals surface area contributed by atoms with Crippen LogP contribution < -0.4 is 10.6 Å². The van der Waals surface area contributed by atoms with Gasteiger partial charge in [-0.05, 0) is 38.2 Å². The zero-order valence-electron chi connectivity index (χ0n) is 10.9. The minimum atomic E-state index is -4.40. The molecule has 0 unspecified atom stereocenters. The molecule has 1 aliphatic rings. The fourth-order valence-electron chi connectivity index (χ4n) is 2.29. The van der Waals surface area contributed by atoms with Gasteiger partial charge in [-0.3, -0.25) is 0 Å². The summed E-state index contributed by atoms with van der Waals surface area (Å²) in [6, 6.07) is 4.16. The van der Waals surface area contributed by atoms with Crippen LogP contribution in [-0.2, 0) is 6.18 Å². The molecule has 2 rings (SSSR count). The number of halogens is 3. The molecule has 1 aromatic rings. The van der Waals surface area contributed by atoms with Gasteiger partial charge < -0.3 is 15.5 Å². The molecule has 6 heteroatoms. The Bertz CT molecular complexity index is 445. The molecule has 0 aromatic heterocycles. The molecule has 106 valence electrons. The summed E-state index contributed by atoms with van der Waals surface area (Å²) in [4.78, 5) is 4.17. The van der Waals surface area contributed by atoms with Crippen LogP contribution in [0.2, 0.25) is 0 Å². The molecular formula is C13H18F3N3. The lowest BCUT2D eigenvalue weighted by molar-refractivity contribution is -0.136. The van der Waals surface area contributed by atoms with Crippen molar-refractivity contribution in [1.82, 2.24) is 4.90 Å². The van der Waals surface area contributed by atoms with Crippen molar-refractivity contribution >= 4 is 11.4 Å². The molecule has 1 aromatic carbocycles. The van der Waals surface area contributed by atoms with E-state index in [0.717, 1.165) is 38.7 Å². The van der Waals surface area contributed by atoms with Gasteiger partial charge in [-0.2, -0.15) is 13.2 Å². The number of benzene rings is 1. The van der Waals surface area contributed by atoms with E-state index in [1.165, 1.54) is 6.07 Å². The predicted octanol–water partition coefficient (Wildman–Crippen LogP) is 2.43. The number of nitrogens with zero attached hydrogens (tertiary/aromatic N) is 2. The first-order valence-electron chi connectivity index (χ1n) is 6.28. The lowest BCUT2D eigenvalue weighted by atomic mass is 10.1. The molecule has 1 heterocycles. The van der Waals surface area contributed by atoms with E-state index in [4.69, 9.17) is 5.73 Å². The number of hydrogen-bond acceptors (Lipinski definition) is 3. The van der Waals surface area contributed by atoms with Gasteiger partial charge in [-0.1, -0.05) is 0 Å². The molecule has 0 radical (unpaired) electrons. The Morgan fingerprint density at radius 2 is 1.84 bits per heavy atom. The van der Waals surface area contributed by atoms with Gasteiger partial charge in [-0.15, -0.1) is 0 Å². The Balaban J connectivity index is 2.25. The van der Waals surface area contributed by atoms with Crippen LogP contribution in [0.5, 0.6) is 0 Å². The number of rotatable bonds is 1. The third-order valence-corrected chi connectivity index (χ3v) is 3.43. The standard InChI is InChI=1S/C13H18F3N3/c1-18-5-2-6-19(8-7-18)10-3-4-12(17)11(9-10)13(14,15)16/h3-4,9H,2,5-8,17H2,1H3. The summed E-state index contributed by atoms with van der Waals surface area (Å²) in [5.74, 6) is 0. The van der Waals surface area contributed by atoms with Gasteiger partial charge in [0.25, 0.3) is 0 Å². The van der Waals surface area contributed by atoms with E-state index in [1.54, 1.807) is 6.07 Å². The lowest BCUT2D eigenvalue weighted by Crippen LogP contribution is -2.29. The van der Waals surface area contributed by atoms with Crippen LogP contribution in [0.3, 0.4) is 0 Å². The van der Waals surface area contributed by atoms with Crippen molar-refractivity contribution in [2.24, 2.45) is 0 Å². The van der Waals surface area contributed by atoms with Crippen LogP contribution in [0.15, 0.2) is 18.2 Å². The van der Waals surface area contributed by atoms with Crippen LogP contribution in [0.1, 0.15) is 12.0 Å². The zero-order chi connectivity index (χ0) is 14.0. The Morgan fingerprint density at radius 3 is 2.53 bits per heavy atom. The van der Waals surface area contributed by atoms with Crippen molar-refractivity contribution in [2.75, 3.05) is 43.9 Å². The maximum absolute atomic E-state index is 12.8. The number of likely N-dealkylation sites (N-methyl/N-ethyl adjacent to an activating group) is 1. The first kappa shape index (κ1) is 14.0. The Labute approximate surface area is 110 Å². The molecule has 0 bridgehead atoms. The molecule has 2 N–H and O–H groups in total. The van der Waals surface area contributed by atoms with Crippen molar-refractivity contribution in [3.8, 4) is 0 Å². The molecule has 1 fully saturated rings. The normalized spacial score (nSPS) is 18.4. The van der Waals surface area contributed by atoms with Gasteiger partial charge in [0, 0.05) is 31.0 Å². The lowest BCUT2D eigenvalue weighted by Gasteiger charge is -2.24. The highest BCUT2D eigenvalue weighted by Crippen LogP contribution is 2.36. The summed E-state index contributed by atoms with van der Waals surface area (Å²) in [5, 5.41) is 0. The van der Waals surface area contributed by atoms with Gasteiger partial charge in [-0.25, -0.2) is 0 Å². The summed E-state index contributed by atoms with van der Waals surface area (Å²) < 4.78 is 38.5. The van der Waals surface area contributed by atoms with E-state index in [-0.39, 0.29) is 5.69 Å². The second-order valence-electron chi connectivity index (χ2n) is 4.91. The summed E-state index contributed by atoms with van der Waals surface area (Å²) >= 11 is 0. The van der Waals surface area contributed by atoms with Crippen molar-refractivity contribution in [3.63, 3.8) is 0 Å². The summed E-state index contributed by atoms with van der Waals surface area (Å²) in [5.41, 5.74) is 5.04. The highest BCUT2D eigenvalue weighted by molar-refractivity contribution is 5.59. The quantitative estimate of drug-likeness (QED) is 0.798. The maximum Gasteiger partial charge on any atom is 0.418 e. The molecule has 3 nitrogen and oxygen atoms in total. The minimum absolute atomic E-state index is 0.219. The topological polar surface area (TPSA) is 32.5 Å². The minimum Gasteiger partial charge on any atom is -0.398 e. The third kappa shape index (κ3) is 3.32. The molecule has 1 saturated heterocycles. The van der Waals surface area contributed by atoms with E-state index >= 15 is 0 Å². The fourth-order valence-corrected chi connectivity index (χ4v) is 2.29. The predicted molar refractivity (Wildman–Crippen MR) is 70.2 cm³/mol. The number of nitrogens with two attached hydrogens (primary N) is 1. The smallest absolute Gasteiger partial charge is 0.398 e. The van der Waals surface area contributed by atoms with Crippen molar-refractivity contribution in [1.29, 1.82) is 0 Å². The van der Waals surface area contributed by atoms with Crippen LogP contribution >= 0.6 is 0 Å². The van der Waals surface area contributed by atoms with Gasteiger partial charge in [0.1, 0.15) is 0 Å². The second kappa shape index (κ2) is 5.28. The van der Waals surface area contributed by atoms with E-state index in [9.17, 15) is 13.2 Å². The third-order valence-electron chi connectivity index (χ3n) is 3.43. The molecule has 0 amide bonds. The van der Waals surface area contributed by atoms with E-state index in [2.05, 4.69) is 4.90 Å². The van der Waals surface area contributed by atoms with Crippen LogP contribution in [0, 0.1) is 0 Å². The molecule has 1 aliphatic heterocycles. The van der Waals surface area contributed by atoms with E-state index in [0.29, 0.717) is 5.69 Å². The largest absolute Gasteiger partial charge is 0.418 e. The Hall–Kier alpha value is -1.43.